The first-order valence-corrected chi connectivity index (χ1v) is 7.05. The van der Waals surface area contributed by atoms with E-state index in [9.17, 15) is 13.2 Å². The Morgan fingerprint density at radius 2 is 1.95 bits per heavy atom. The quantitative estimate of drug-likeness (QED) is 0.744. The van der Waals surface area contributed by atoms with E-state index < -0.39 is 12.4 Å². The van der Waals surface area contributed by atoms with Crippen LogP contribution < -0.4 is 10.1 Å². The highest BCUT2D eigenvalue weighted by molar-refractivity contribution is 9.10. The zero-order valence-corrected chi connectivity index (χ0v) is 12.9. The fourth-order valence-corrected chi connectivity index (χ4v) is 2.23. The van der Waals surface area contributed by atoms with E-state index in [0.29, 0.717) is 11.3 Å². The predicted octanol–water partition coefficient (Wildman–Crippen LogP) is 5.46. The Bertz CT molecular complexity index is 640. The molecule has 0 aliphatic rings. The number of benzene rings is 2. The largest absolute Gasteiger partial charge is 0.434 e. The van der Waals surface area contributed by atoms with Crippen molar-refractivity contribution < 1.29 is 17.9 Å². The van der Waals surface area contributed by atoms with Crippen molar-refractivity contribution in [1.29, 1.82) is 0 Å². The Hall–Kier alpha value is -1.40. The van der Waals surface area contributed by atoms with Crippen LogP contribution in [0.15, 0.2) is 40.9 Å². The van der Waals surface area contributed by atoms with Crippen molar-refractivity contribution in [1.82, 2.24) is 0 Å². The van der Waals surface area contributed by atoms with Crippen molar-refractivity contribution in [3.8, 4) is 5.75 Å². The molecule has 0 unspecified atom stereocenters. The number of ether oxygens (including phenoxy) is 1. The van der Waals surface area contributed by atoms with Gasteiger partial charge in [0.05, 0.1) is 5.02 Å². The van der Waals surface area contributed by atoms with Gasteiger partial charge >= 0.3 is 6.61 Å². The van der Waals surface area contributed by atoms with E-state index in [1.807, 2.05) is 0 Å². The van der Waals surface area contributed by atoms with Crippen molar-refractivity contribution in [2.45, 2.75) is 13.2 Å². The fourth-order valence-electron chi connectivity index (χ4n) is 1.70. The highest BCUT2D eigenvalue weighted by Gasteiger charge is 2.10. The Labute approximate surface area is 133 Å². The van der Waals surface area contributed by atoms with Gasteiger partial charge in [0.2, 0.25) is 0 Å². The lowest BCUT2D eigenvalue weighted by atomic mass is 10.2. The van der Waals surface area contributed by atoms with Gasteiger partial charge in [0.1, 0.15) is 11.6 Å². The summed E-state index contributed by atoms with van der Waals surface area (Å²) in [7, 11) is 0. The number of hydrogen-bond acceptors (Lipinski definition) is 2. The molecule has 0 aliphatic carbocycles. The molecule has 0 atom stereocenters. The number of alkyl halides is 2. The molecule has 0 spiro atoms. The number of rotatable bonds is 5. The third-order valence-corrected chi connectivity index (χ3v) is 3.44. The molecule has 0 amide bonds. The summed E-state index contributed by atoms with van der Waals surface area (Å²) in [5.41, 5.74) is 1.000. The lowest BCUT2D eigenvalue weighted by molar-refractivity contribution is -0.0504. The summed E-state index contributed by atoms with van der Waals surface area (Å²) in [4.78, 5) is 0. The molecule has 0 saturated carbocycles. The van der Waals surface area contributed by atoms with Crippen molar-refractivity contribution in [2.24, 2.45) is 0 Å². The van der Waals surface area contributed by atoms with E-state index in [-0.39, 0.29) is 17.3 Å². The molecule has 1 N–H and O–H groups in total. The first-order valence-electron chi connectivity index (χ1n) is 5.88. The lowest BCUT2D eigenvalue weighted by Crippen LogP contribution is -2.07. The van der Waals surface area contributed by atoms with Crippen LogP contribution >= 0.6 is 27.5 Å². The van der Waals surface area contributed by atoms with Gasteiger partial charge in [0.25, 0.3) is 0 Å². The average molecular weight is 381 g/mol. The van der Waals surface area contributed by atoms with Crippen molar-refractivity contribution in [3.63, 3.8) is 0 Å². The van der Waals surface area contributed by atoms with Gasteiger partial charge in [0, 0.05) is 22.3 Å². The maximum Gasteiger partial charge on any atom is 0.387 e. The monoisotopic (exact) mass is 379 g/mol. The minimum atomic E-state index is -2.90. The van der Waals surface area contributed by atoms with Gasteiger partial charge < -0.3 is 10.1 Å². The van der Waals surface area contributed by atoms with E-state index in [1.165, 1.54) is 18.2 Å². The summed E-state index contributed by atoms with van der Waals surface area (Å²) >= 11 is 8.85. The molecule has 21 heavy (non-hydrogen) atoms. The molecule has 2 aromatic rings. The zero-order chi connectivity index (χ0) is 15.4. The Morgan fingerprint density at radius 3 is 2.62 bits per heavy atom. The SMILES string of the molecule is Fc1cc(NCc2cc(Br)ccc2OC(F)F)ccc1Cl. The standard InChI is InChI=1S/C14H10BrClF3NO/c15-9-1-4-13(21-14(18)19)8(5-9)7-20-10-2-3-11(16)12(17)6-10/h1-6,14,20H,7H2. The summed E-state index contributed by atoms with van der Waals surface area (Å²) in [5.74, 6) is -0.491. The molecule has 0 saturated heterocycles. The number of anilines is 1. The van der Waals surface area contributed by atoms with Gasteiger partial charge in [-0.15, -0.1) is 0 Å². The Morgan fingerprint density at radius 1 is 1.19 bits per heavy atom. The van der Waals surface area contributed by atoms with E-state index in [0.717, 1.165) is 4.47 Å². The molecule has 0 bridgehead atoms. The van der Waals surface area contributed by atoms with Gasteiger partial charge in [-0.1, -0.05) is 27.5 Å². The number of nitrogens with one attached hydrogen (secondary N) is 1. The van der Waals surface area contributed by atoms with Gasteiger partial charge in [0.15, 0.2) is 0 Å². The summed E-state index contributed by atoms with van der Waals surface area (Å²) in [6.45, 7) is -2.71. The average Bonchev–Trinajstić information content (AvgIpc) is 2.42. The van der Waals surface area contributed by atoms with Crippen LogP contribution in [0.3, 0.4) is 0 Å². The summed E-state index contributed by atoms with van der Waals surface area (Å²) < 4.78 is 43.2. The molecule has 7 heteroatoms. The van der Waals surface area contributed by atoms with Crippen LogP contribution in [0.4, 0.5) is 18.9 Å². The van der Waals surface area contributed by atoms with Crippen LogP contribution in [0.2, 0.25) is 5.02 Å². The topological polar surface area (TPSA) is 21.3 Å². The molecule has 0 aliphatic heterocycles. The highest BCUT2D eigenvalue weighted by Crippen LogP contribution is 2.26. The second-order valence-electron chi connectivity index (χ2n) is 4.11. The molecule has 0 radical (unpaired) electrons. The fraction of sp³-hybridized carbons (Fsp3) is 0.143. The van der Waals surface area contributed by atoms with Crippen LogP contribution in [0, 0.1) is 5.82 Å². The molecule has 2 rings (SSSR count). The Balaban J connectivity index is 2.14. The molecule has 0 aromatic heterocycles. The maximum absolute atomic E-state index is 13.3. The number of halogens is 5. The predicted molar refractivity (Wildman–Crippen MR) is 79.5 cm³/mol. The zero-order valence-electron chi connectivity index (χ0n) is 10.5. The minimum Gasteiger partial charge on any atom is -0.434 e. The second-order valence-corrected chi connectivity index (χ2v) is 5.44. The maximum atomic E-state index is 13.3. The van der Waals surface area contributed by atoms with Crippen molar-refractivity contribution in [3.05, 3.63) is 57.3 Å². The first-order chi connectivity index (χ1) is 9.95. The molecule has 2 aromatic carbocycles. The summed E-state index contributed by atoms with van der Waals surface area (Å²) in [6, 6.07) is 8.93. The third kappa shape index (κ3) is 4.54. The minimum absolute atomic E-state index is 0.0183. The van der Waals surface area contributed by atoms with E-state index in [4.69, 9.17) is 11.6 Å². The smallest absolute Gasteiger partial charge is 0.387 e. The molecular weight excluding hydrogens is 371 g/mol. The molecule has 0 heterocycles. The van der Waals surface area contributed by atoms with Crippen molar-refractivity contribution in [2.75, 3.05) is 5.32 Å². The first kappa shape index (κ1) is 16.0. The summed E-state index contributed by atoms with van der Waals surface area (Å²) in [6.07, 6.45) is 0. The van der Waals surface area contributed by atoms with Crippen LogP contribution in [-0.4, -0.2) is 6.61 Å². The lowest BCUT2D eigenvalue weighted by Gasteiger charge is -2.13. The summed E-state index contributed by atoms with van der Waals surface area (Å²) in [5, 5.41) is 2.94. The van der Waals surface area contributed by atoms with Gasteiger partial charge in [-0.3, -0.25) is 0 Å². The molecular formula is C14H10BrClF3NO. The molecule has 2 nitrogen and oxygen atoms in total. The normalized spacial score (nSPS) is 10.8. The van der Waals surface area contributed by atoms with Gasteiger partial charge in [-0.2, -0.15) is 8.78 Å². The van der Waals surface area contributed by atoms with Crippen molar-refractivity contribution >= 4 is 33.2 Å². The van der Waals surface area contributed by atoms with E-state index in [1.54, 1.807) is 18.2 Å². The molecule has 0 fully saturated rings. The van der Waals surface area contributed by atoms with Crippen LogP contribution in [0.25, 0.3) is 0 Å². The van der Waals surface area contributed by atoms with Crippen LogP contribution in [0.1, 0.15) is 5.56 Å². The van der Waals surface area contributed by atoms with Crippen LogP contribution in [0.5, 0.6) is 5.75 Å². The van der Waals surface area contributed by atoms with E-state index in [2.05, 4.69) is 26.0 Å². The van der Waals surface area contributed by atoms with Gasteiger partial charge in [-0.05, 0) is 36.4 Å². The molecule has 112 valence electrons. The number of hydrogen-bond donors (Lipinski definition) is 1. The second kappa shape index (κ2) is 7.04. The third-order valence-electron chi connectivity index (χ3n) is 2.64. The highest BCUT2D eigenvalue weighted by atomic mass is 79.9. The van der Waals surface area contributed by atoms with Crippen LogP contribution in [-0.2, 0) is 6.54 Å². The van der Waals surface area contributed by atoms with Gasteiger partial charge in [-0.25, -0.2) is 4.39 Å². The van der Waals surface area contributed by atoms with E-state index >= 15 is 0 Å². The Kier molecular flexibility index (Phi) is 5.36.